The molecule has 116 valence electrons. The van der Waals surface area contributed by atoms with Crippen LogP contribution in [0.5, 0.6) is 0 Å². The van der Waals surface area contributed by atoms with Crippen molar-refractivity contribution in [1.29, 1.82) is 0 Å². The molecule has 0 saturated heterocycles. The molecule has 0 radical (unpaired) electrons. The summed E-state index contributed by atoms with van der Waals surface area (Å²) >= 11 is 0. The topological polar surface area (TPSA) is 93.5 Å². The van der Waals surface area contributed by atoms with Gasteiger partial charge in [0.2, 0.25) is 0 Å². The lowest BCUT2D eigenvalue weighted by molar-refractivity contribution is -0.384. The molecule has 0 fully saturated rings. The second-order valence-corrected chi connectivity index (χ2v) is 4.48. The highest BCUT2D eigenvalue weighted by Crippen LogP contribution is 2.25. The Balaban J connectivity index is 2.79. The average molecular weight is 295 g/mol. The quantitative estimate of drug-likeness (QED) is 0.414. The van der Waals surface area contributed by atoms with Crippen LogP contribution in [0.3, 0.4) is 0 Å². The van der Waals surface area contributed by atoms with Crippen molar-refractivity contribution in [3.63, 3.8) is 0 Å². The van der Waals surface area contributed by atoms with Crippen LogP contribution in [-0.2, 0) is 4.74 Å². The maximum atomic E-state index is 11.8. The Morgan fingerprint density at radius 2 is 2.14 bits per heavy atom. The van der Waals surface area contributed by atoms with Gasteiger partial charge in [0.1, 0.15) is 5.69 Å². The van der Waals surface area contributed by atoms with Gasteiger partial charge < -0.3 is 15.4 Å². The molecule has 0 aliphatic carbocycles. The van der Waals surface area contributed by atoms with E-state index in [1.807, 2.05) is 6.92 Å². The molecule has 0 atom stereocenters. The minimum Gasteiger partial charge on any atom is -0.385 e. The smallest absolute Gasteiger partial charge is 0.292 e. The van der Waals surface area contributed by atoms with Gasteiger partial charge in [-0.05, 0) is 31.9 Å². The van der Waals surface area contributed by atoms with E-state index in [1.54, 1.807) is 7.11 Å². The highest BCUT2D eigenvalue weighted by atomic mass is 16.6. The SMILES string of the molecule is CCNC(=O)c1ccc([N+](=O)[O-])c(NCCCCOC)c1. The summed E-state index contributed by atoms with van der Waals surface area (Å²) in [6.45, 7) is 3.57. The van der Waals surface area contributed by atoms with Crippen molar-refractivity contribution in [2.45, 2.75) is 19.8 Å². The molecule has 0 spiro atoms. The molecule has 0 unspecified atom stereocenters. The summed E-state index contributed by atoms with van der Waals surface area (Å²) in [6.07, 6.45) is 1.70. The maximum Gasteiger partial charge on any atom is 0.292 e. The summed E-state index contributed by atoms with van der Waals surface area (Å²) in [5.41, 5.74) is 0.734. The fourth-order valence-electron chi connectivity index (χ4n) is 1.84. The van der Waals surface area contributed by atoms with Crippen LogP contribution in [0.4, 0.5) is 11.4 Å². The third-order valence-corrected chi connectivity index (χ3v) is 2.88. The fraction of sp³-hybridized carbons (Fsp3) is 0.500. The van der Waals surface area contributed by atoms with Crippen molar-refractivity contribution in [1.82, 2.24) is 5.32 Å². The van der Waals surface area contributed by atoms with Crippen LogP contribution in [-0.4, -0.2) is 37.6 Å². The number of nitrogens with one attached hydrogen (secondary N) is 2. The molecule has 1 aromatic carbocycles. The Morgan fingerprint density at radius 3 is 2.76 bits per heavy atom. The van der Waals surface area contributed by atoms with Crippen LogP contribution < -0.4 is 10.6 Å². The Bertz CT molecular complexity index is 491. The van der Waals surface area contributed by atoms with Gasteiger partial charge in [-0.25, -0.2) is 0 Å². The summed E-state index contributed by atoms with van der Waals surface area (Å²) in [6, 6.07) is 4.32. The molecule has 0 saturated carbocycles. The summed E-state index contributed by atoms with van der Waals surface area (Å²) < 4.78 is 4.94. The first-order chi connectivity index (χ1) is 10.1. The van der Waals surface area contributed by atoms with E-state index < -0.39 is 4.92 Å². The molecule has 7 heteroatoms. The molecule has 0 aromatic heterocycles. The molecule has 21 heavy (non-hydrogen) atoms. The molecule has 0 bridgehead atoms. The van der Waals surface area contributed by atoms with Crippen molar-refractivity contribution in [3.05, 3.63) is 33.9 Å². The molecular formula is C14H21N3O4. The lowest BCUT2D eigenvalue weighted by Gasteiger charge is -2.09. The Hall–Kier alpha value is -2.15. The number of carbonyl (C=O) groups excluding carboxylic acids is 1. The van der Waals surface area contributed by atoms with Gasteiger partial charge >= 0.3 is 0 Å². The van der Waals surface area contributed by atoms with Crippen molar-refractivity contribution in [2.75, 3.05) is 32.1 Å². The Kier molecular flexibility index (Phi) is 7.17. The number of anilines is 1. The third kappa shape index (κ3) is 5.39. The highest BCUT2D eigenvalue weighted by molar-refractivity contribution is 5.95. The predicted octanol–water partition coefficient (Wildman–Crippen LogP) is 2.18. The van der Waals surface area contributed by atoms with E-state index in [0.29, 0.717) is 30.9 Å². The second kappa shape index (κ2) is 8.91. The minimum absolute atomic E-state index is 0.0326. The number of hydrogen-bond acceptors (Lipinski definition) is 5. The van der Waals surface area contributed by atoms with E-state index in [2.05, 4.69) is 10.6 Å². The molecule has 1 amide bonds. The standard InChI is InChI=1S/C14H21N3O4/c1-3-15-14(18)11-6-7-13(17(19)20)12(10-11)16-8-4-5-9-21-2/h6-7,10,16H,3-5,8-9H2,1-2H3,(H,15,18). The van der Waals surface area contributed by atoms with Gasteiger partial charge in [-0.2, -0.15) is 0 Å². The molecule has 0 heterocycles. The Labute approximate surface area is 123 Å². The number of nitro benzene ring substituents is 1. The van der Waals surface area contributed by atoms with Gasteiger partial charge in [-0.1, -0.05) is 0 Å². The maximum absolute atomic E-state index is 11.8. The number of ether oxygens (including phenoxy) is 1. The van der Waals surface area contributed by atoms with E-state index in [0.717, 1.165) is 12.8 Å². The minimum atomic E-state index is -0.459. The predicted molar refractivity (Wildman–Crippen MR) is 80.7 cm³/mol. The van der Waals surface area contributed by atoms with Crippen LogP contribution in [0.25, 0.3) is 0 Å². The number of carbonyl (C=O) groups is 1. The zero-order valence-corrected chi connectivity index (χ0v) is 12.3. The van der Waals surface area contributed by atoms with Crippen LogP contribution in [0.2, 0.25) is 0 Å². The molecule has 0 aliphatic heterocycles. The van der Waals surface area contributed by atoms with E-state index in [1.165, 1.54) is 18.2 Å². The van der Waals surface area contributed by atoms with E-state index in [-0.39, 0.29) is 11.6 Å². The number of hydrogen-bond donors (Lipinski definition) is 2. The molecule has 2 N–H and O–H groups in total. The lowest BCUT2D eigenvalue weighted by Crippen LogP contribution is -2.22. The van der Waals surface area contributed by atoms with E-state index >= 15 is 0 Å². The van der Waals surface area contributed by atoms with Crippen molar-refractivity contribution >= 4 is 17.3 Å². The Morgan fingerprint density at radius 1 is 1.38 bits per heavy atom. The third-order valence-electron chi connectivity index (χ3n) is 2.88. The number of amides is 1. The fourth-order valence-corrected chi connectivity index (χ4v) is 1.84. The van der Waals surface area contributed by atoms with Crippen LogP contribution in [0.1, 0.15) is 30.1 Å². The molecular weight excluding hydrogens is 274 g/mol. The van der Waals surface area contributed by atoms with Gasteiger partial charge in [0.25, 0.3) is 11.6 Å². The number of rotatable bonds is 9. The first kappa shape index (κ1) is 16.9. The number of benzene rings is 1. The van der Waals surface area contributed by atoms with E-state index in [9.17, 15) is 14.9 Å². The summed E-state index contributed by atoms with van der Waals surface area (Å²) in [5.74, 6) is -0.241. The number of nitro groups is 1. The largest absolute Gasteiger partial charge is 0.385 e. The zero-order valence-electron chi connectivity index (χ0n) is 12.3. The second-order valence-electron chi connectivity index (χ2n) is 4.48. The van der Waals surface area contributed by atoms with Gasteiger partial charge in [-0.3, -0.25) is 14.9 Å². The number of methoxy groups -OCH3 is 1. The van der Waals surface area contributed by atoms with Crippen LogP contribution in [0, 0.1) is 10.1 Å². The normalized spacial score (nSPS) is 10.2. The number of unbranched alkanes of at least 4 members (excludes halogenated alkanes) is 1. The van der Waals surface area contributed by atoms with E-state index in [4.69, 9.17) is 4.74 Å². The average Bonchev–Trinajstić information content (AvgIpc) is 2.47. The van der Waals surface area contributed by atoms with Crippen molar-refractivity contribution in [3.8, 4) is 0 Å². The molecule has 1 aromatic rings. The zero-order chi connectivity index (χ0) is 15.7. The van der Waals surface area contributed by atoms with Gasteiger partial charge in [0, 0.05) is 38.4 Å². The van der Waals surface area contributed by atoms with Crippen LogP contribution in [0.15, 0.2) is 18.2 Å². The molecule has 0 aliphatic rings. The van der Waals surface area contributed by atoms with Gasteiger partial charge in [-0.15, -0.1) is 0 Å². The first-order valence-corrected chi connectivity index (χ1v) is 6.89. The van der Waals surface area contributed by atoms with Gasteiger partial charge in [0.15, 0.2) is 0 Å². The molecule has 7 nitrogen and oxygen atoms in total. The first-order valence-electron chi connectivity index (χ1n) is 6.89. The van der Waals surface area contributed by atoms with Gasteiger partial charge in [0.05, 0.1) is 4.92 Å². The summed E-state index contributed by atoms with van der Waals surface area (Å²) in [7, 11) is 1.63. The van der Waals surface area contributed by atoms with Crippen molar-refractivity contribution < 1.29 is 14.5 Å². The number of nitrogens with zero attached hydrogens (tertiary/aromatic N) is 1. The lowest BCUT2D eigenvalue weighted by atomic mass is 10.1. The van der Waals surface area contributed by atoms with Crippen molar-refractivity contribution in [2.24, 2.45) is 0 Å². The monoisotopic (exact) mass is 295 g/mol. The summed E-state index contributed by atoms with van der Waals surface area (Å²) in [5, 5.41) is 16.7. The van der Waals surface area contributed by atoms with Crippen LogP contribution >= 0.6 is 0 Å². The highest BCUT2D eigenvalue weighted by Gasteiger charge is 2.16. The molecule has 1 rings (SSSR count). The summed E-state index contributed by atoms with van der Waals surface area (Å²) in [4.78, 5) is 22.3.